The van der Waals surface area contributed by atoms with Crippen molar-refractivity contribution in [2.45, 2.75) is 31.3 Å². The summed E-state index contributed by atoms with van der Waals surface area (Å²) >= 11 is 0. The molecule has 1 atom stereocenters. The van der Waals surface area contributed by atoms with Crippen molar-refractivity contribution in [1.82, 2.24) is 14.8 Å². The first-order valence-electron chi connectivity index (χ1n) is 8.17. The third kappa shape index (κ3) is 3.31. The maximum atomic E-state index is 11.5. The molecule has 0 saturated carbocycles. The van der Waals surface area contributed by atoms with Crippen LogP contribution in [0.15, 0.2) is 24.4 Å². The van der Waals surface area contributed by atoms with Crippen LogP contribution in [0.4, 0.5) is 0 Å². The molecule has 1 amide bonds. The molecule has 1 aromatic rings. The number of rotatable bonds is 3. The third-order valence-electron chi connectivity index (χ3n) is 5.07. The van der Waals surface area contributed by atoms with Gasteiger partial charge in [0, 0.05) is 45.8 Å². The smallest absolute Gasteiger partial charge is 0.222 e. The lowest BCUT2D eigenvalue weighted by Gasteiger charge is -2.40. The van der Waals surface area contributed by atoms with Gasteiger partial charge in [-0.2, -0.15) is 0 Å². The standard InChI is InChI=1S/C17H25N3O2/c1-19-12-14(5-6-16(19)21)13-20-10-7-17(22,8-11-20)15-4-2-3-9-18-15/h2-4,9,14,22H,5-8,10-13H2,1H3. The van der Waals surface area contributed by atoms with E-state index in [0.717, 1.165) is 51.1 Å². The highest BCUT2D eigenvalue weighted by Gasteiger charge is 2.36. The average molecular weight is 303 g/mol. The van der Waals surface area contributed by atoms with Crippen molar-refractivity contribution in [1.29, 1.82) is 0 Å². The van der Waals surface area contributed by atoms with Crippen LogP contribution < -0.4 is 0 Å². The average Bonchev–Trinajstić information content (AvgIpc) is 2.54. The van der Waals surface area contributed by atoms with Crippen molar-refractivity contribution in [3.8, 4) is 0 Å². The Labute approximate surface area is 131 Å². The van der Waals surface area contributed by atoms with Crippen LogP contribution >= 0.6 is 0 Å². The summed E-state index contributed by atoms with van der Waals surface area (Å²) in [6, 6.07) is 5.72. The lowest BCUT2D eigenvalue weighted by molar-refractivity contribution is -0.133. The number of likely N-dealkylation sites (tertiary alicyclic amines) is 2. The summed E-state index contributed by atoms with van der Waals surface area (Å²) in [5, 5.41) is 10.8. The quantitative estimate of drug-likeness (QED) is 0.912. The predicted octanol–water partition coefficient (Wildman–Crippen LogP) is 1.23. The lowest BCUT2D eigenvalue weighted by atomic mass is 9.87. The van der Waals surface area contributed by atoms with E-state index < -0.39 is 5.60 Å². The van der Waals surface area contributed by atoms with Crippen LogP contribution in [0, 0.1) is 5.92 Å². The SMILES string of the molecule is CN1CC(CN2CCC(O)(c3ccccn3)CC2)CCC1=O. The first-order chi connectivity index (χ1) is 10.6. The van der Waals surface area contributed by atoms with Crippen LogP contribution in [0.2, 0.25) is 0 Å². The molecule has 120 valence electrons. The Balaban J connectivity index is 1.53. The number of hydrogen-bond acceptors (Lipinski definition) is 4. The zero-order valence-electron chi connectivity index (χ0n) is 13.2. The van der Waals surface area contributed by atoms with E-state index in [0.29, 0.717) is 12.3 Å². The largest absolute Gasteiger partial charge is 0.383 e. The van der Waals surface area contributed by atoms with E-state index >= 15 is 0 Å². The number of hydrogen-bond donors (Lipinski definition) is 1. The molecule has 22 heavy (non-hydrogen) atoms. The van der Waals surface area contributed by atoms with Gasteiger partial charge < -0.3 is 14.9 Å². The molecule has 2 fully saturated rings. The number of aliphatic hydroxyl groups is 1. The number of nitrogens with zero attached hydrogens (tertiary/aromatic N) is 3. The molecule has 0 aromatic carbocycles. The van der Waals surface area contributed by atoms with Crippen molar-refractivity contribution < 1.29 is 9.90 Å². The summed E-state index contributed by atoms with van der Waals surface area (Å²) < 4.78 is 0. The molecular formula is C17H25N3O2. The first kappa shape index (κ1) is 15.4. The summed E-state index contributed by atoms with van der Waals surface area (Å²) in [5.74, 6) is 0.822. The molecule has 2 saturated heterocycles. The Bertz CT molecular complexity index is 512. The highest BCUT2D eigenvalue weighted by Crippen LogP contribution is 2.32. The zero-order chi connectivity index (χ0) is 15.6. The van der Waals surface area contributed by atoms with Crippen molar-refractivity contribution in [3.05, 3.63) is 30.1 Å². The molecule has 0 radical (unpaired) electrons. The van der Waals surface area contributed by atoms with Gasteiger partial charge in [0.25, 0.3) is 0 Å². The van der Waals surface area contributed by atoms with Gasteiger partial charge in [-0.3, -0.25) is 9.78 Å². The van der Waals surface area contributed by atoms with E-state index in [2.05, 4.69) is 9.88 Å². The fourth-order valence-corrected chi connectivity index (χ4v) is 3.61. The van der Waals surface area contributed by atoms with E-state index in [4.69, 9.17) is 0 Å². The Morgan fingerprint density at radius 1 is 1.36 bits per heavy atom. The van der Waals surface area contributed by atoms with Crippen molar-refractivity contribution in [3.63, 3.8) is 0 Å². The highest BCUT2D eigenvalue weighted by molar-refractivity contribution is 5.76. The molecule has 1 aromatic heterocycles. The Morgan fingerprint density at radius 2 is 2.14 bits per heavy atom. The normalized spacial score (nSPS) is 26.2. The number of carbonyl (C=O) groups is 1. The van der Waals surface area contributed by atoms with Crippen LogP contribution in [-0.4, -0.2) is 59.0 Å². The van der Waals surface area contributed by atoms with Gasteiger partial charge in [0.15, 0.2) is 0 Å². The summed E-state index contributed by atoms with van der Waals surface area (Å²) in [5.41, 5.74) is 0.00882. The molecule has 3 heterocycles. The number of amides is 1. The maximum absolute atomic E-state index is 11.5. The predicted molar refractivity (Wildman–Crippen MR) is 84.2 cm³/mol. The molecule has 0 bridgehead atoms. The second-order valence-corrected chi connectivity index (χ2v) is 6.73. The van der Waals surface area contributed by atoms with Gasteiger partial charge in [-0.25, -0.2) is 0 Å². The molecule has 0 spiro atoms. The van der Waals surface area contributed by atoms with Gasteiger partial charge in [0.05, 0.1) is 5.69 Å². The van der Waals surface area contributed by atoms with Crippen LogP contribution in [0.1, 0.15) is 31.4 Å². The molecule has 5 nitrogen and oxygen atoms in total. The molecule has 2 aliphatic rings. The summed E-state index contributed by atoms with van der Waals surface area (Å²) in [6.45, 7) is 3.66. The second kappa shape index (κ2) is 6.34. The second-order valence-electron chi connectivity index (χ2n) is 6.73. The Hall–Kier alpha value is -1.46. The molecule has 3 rings (SSSR count). The number of pyridine rings is 1. The highest BCUT2D eigenvalue weighted by atomic mass is 16.3. The minimum absolute atomic E-state index is 0.263. The number of carbonyl (C=O) groups excluding carboxylic acids is 1. The summed E-state index contributed by atoms with van der Waals surface area (Å²) in [6.07, 6.45) is 4.86. The van der Waals surface area contributed by atoms with E-state index in [-0.39, 0.29) is 5.91 Å². The van der Waals surface area contributed by atoms with E-state index in [1.165, 1.54) is 0 Å². The lowest BCUT2D eigenvalue weighted by Crippen LogP contribution is -2.47. The molecular weight excluding hydrogens is 278 g/mol. The van der Waals surface area contributed by atoms with Gasteiger partial charge in [-0.05, 0) is 37.3 Å². The number of aromatic nitrogens is 1. The monoisotopic (exact) mass is 303 g/mol. The number of piperidine rings is 2. The molecule has 2 aliphatic heterocycles. The van der Waals surface area contributed by atoms with Gasteiger partial charge in [0.1, 0.15) is 5.60 Å². The van der Waals surface area contributed by atoms with Gasteiger partial charge >= 0.3 is 0 Å². The van der Waals surface area contributed by atoms with Gasteiger partial charge in [0.2, 0.25) is 5.91 Å². The van der Waals surface area contributed by atoms with Crippen LogP contribution in [0.5, 0.6) is 0 Å². The fourth-order valence-electron chi connectivity index (χ4n) is 3.61. The summed E-state index contributed by atoms with van der Waals surface area (Å²) in [7, 11) is 1.89. The Morgan fingerprint density at radius 3 is 2.77 bits per heavy atom. The van der Waals surface area contributed by atoms with Crippen molar-refractivity contribution in [2.75, 3.05) is 33.2 Å². The van der Waals surface area contributed by atoms with Crippen molar-refractivity contribution >= 4 is 5.91 Å². The minimum atomic E-state index is -0.781. The van der Waals surface area contributed by atoms with Gasteiger partial charge in [-0.15, -0.1) is 0 Å². The summed E-state index contributed by atoms with van der Waals surface area (Å²) in [4.78, 5) is 20.1. The third-order valence-corrected chi connectivity index (χ3v) is 5.07. The molecule has 0 aliphatic carbocycles. The fraction of sp³-hybridized carbons (Fsp3) is 0.647. The Kier molecular flexibility index (Phi) is 4.45. The molecule has 1 N–H and O–H groups in total. The minimum Gasteiger partial charge on any atom is -0.383 e. The topological polar surface area (TPSA) is 56.7 Å². The molecule has 5 heteroatoms. The maximum Gasteiger partial charge on any atom is 0.222 e. The van der Waals surface area contributed by atoms with Crippen LogP contribution in [0.3, 0.4) is 0 Å². The van der Waals surface area contributed by atoms with E-state index in [1.807, 2.05) is 30.1 Å². The van der Waals surface area contributed by atoms with Crippen LogP contribution in [-0.2, 0) is 10.4 Å². The zero-order valence-corrected chi connectivity index (χ0v) is 13.2. The van der Waals surface area contributed by atoms with E-state index in [9.17, 15) is 9.90 Å². The van der Waals surface area contributed by atoms with Gasteiger partial charge in [-0.1, -0.05) is 6.07 Å². The first-order valence-corrected chi connectivity index (χ1v) is 8.17. The van der Waals surface area contributed by atoms with Crippen molar-refractivity contribution in [2.24, 2.45) is 5.92 Å². The molecule has 1 unspecified atom stereocenters. The van der Waals surface area contributed by atoms with E-state index in [1.54, 1.807) is 6.20 Å². The van der Waals surface area contributed by atoms with Crippen LogP contribution in [0.25, 0.3) is 0 Å².